The highest BCUT2D eigenvalue weighted by molar-refractivity contribution is 5.96. The van der Waals surface area contributed by atoms with Crippen molar-refractivity contribution in [2.75, 3.05) is 5.73 Å². The molecule has 2 N–H and O–H groups in total. The number of nitrogens with zero attached hydrogens (tertiary/aromatic N) is 3. The largest absolute Gasteiger partial charge is 0.368 e. The number of anilines is 1. The van der Waals surface area contributed by atoms with Crippen molar-refractivity contribution in [3.05, 3.63) is 65.7 Å². The molecule has 0 aliphatic rings. The van der Waals surface area contributed by atoms with E-state index in [-0.39, 0.29) is 11.9 Å². The summed E-state index contributed by atoms with van der Waals surface area (Å²) in [5.74, 6) is 0.232. The first kappa shape index (κ1) is 13.1. The lowest BCUT2D eigenvalue weighted by Gasteiger charge is -2.00. The molecule has 3 rings (SSSR count). The van der Waals surface area contributed by atoms with Gasteiger partial charge in [-0.1, -0.05) is 48.0 Å². The predicted molar refractivity (Wildman–Crippen MR) is 80.8 cm³/mol. The molecule has 0 aliphatic carbocycles. The summed E-state index contributed by atoms with van der Waals surface area (Å²) in [6.07, 6.45) is 0. The van der Waals surface area contributed by atoms with Crippen LogP contribution in [0.5, 0.6) is 0 Å². The Morgan fingerprint density at radius 2 is 1.71 bits per heavy atom. The lowest BCUT2D eigenvalue weighted by Crippen LogP contribution is -2.16. The van der Waals surface area contributed by atoms with Gasteiger partial charge in [0.1, 0.15) is 0 Å². The van der Waals surface area contributed by atoms with Gasteiger partial charge in [-0.25, -0.2) is 0 Å². The molecule has 0 amide bonds. The molecule has 0 saturated carbocycles. The Bertz CT molecular complexity index is 776. The molecule has 1 aromatic heterocycles. The van der Waals surface area contributed by atoms with Crippen LogP contribution in [0.4, 0.5) is 5.95 Å². The van der Waals surface area contributed by atoms with Gasteiger partial charge in [-0.3, -0.25) is 4.79 Å². The number of nitrogen functional groups attached to an aromatic ring is 1. The molecule has 5 heteroatoms. The van der Waals surface area contributed by atoms with Crippen LogP contribution in [0.2, 0.25) is 0 Å². The Labute approximate surface area is 122 Å². The summed E-state index contributed by atoms with van der Waals surface area (Å²) in [5.41, 5.74) is 8.30. The molecule has 0 saturated heterocycles. The van der Waals surface area contributed by atoms with E-state index in [0.717, 1.165) is 15.8 Å². The SMILES string of the molecule is Cc1ccc(-c2nc(N)n(C(=O)c3ccccc3)n2)cc1. The average Bonchev–Trinajstić information content (AvgIpc) is 2.90. The smallest absolute Gasteiger partial charge is 0.281 e. The van der Waals surface area contributed by atoms with Crippen LogP contribution in [0, 0.1) is 6.92 Å². The molecule has 0 unspecified atom stereocenters. The summed E-state index contributed by atoms with van der Waals surface area (Å²) in [7, 11) is 0. The van der Waals surface area contributed by atoms with Crippen molar-refractivity contribution in [3.8, 4) is 11.4 Å². The van der Waals surface area contributed by atoms with Crippen molar-refractivity contribution in [1.29, 1.82) is 0 Å². The van der Waals surface area contributed by atoms with Gasteiger partial charge >= 0.3 is 0 Å². The van der Waals surface area contributed by atoms with Crippen molar-refractivity contribution >= 4 is 11.9 Å². The van der Waals surface area contributed by atoms with Crippen LogP contribution < -0.4 is 5.73 Å². The second-order valence-corrected chi connectivity index (χ2v) is 4.74. The maximum atomic E-state index is 12.3. The fourth-order valence-electron chi connectivity index (χ4n) is 2.00. The zero-order chi connectivity index (χ0) is 14.8. The van der Waals surface area contributed by atoms with Crippen LogP contribution in [0.25, 0.3) is 11.4 Å². The van der Waals surface area contributed by atoms with E-state index in [4.69, 9.17) is 5.73 Å². The van der Waals surface area contributed by atoms with Gasteiger partial charge in [-0.05, 0) is 19.1 Å². The monoisotopic (exact) mass is 278 g/mol. The maximum absolute atomic E-state index is 12.3. The Morgan fingerprint density at radius 1 is 1.05 bits per heavy atom. The lowest BCUT2D eigenvalue weighted by atomic mass is 10.1. The molecule has 0 spiro atoms. The molecule has 1 heterocycles. The van der Waals surface area contributed by atoms with E-state index in [1.54, 1.807) is 24.3 Å². The molecule has 0 aliphatic heterocycles. The van der Waals surface area contributed by atoms with Crippen molar-refractivity contribution in [2.45, 2.75) is 6.92 Å². The molecule has 21 heavy (non-hydrogen) atoms. The van der Waals surface area contributed by atoms with Crippen LogP contribution in [-0.4, -0.2) is 20.7 Å². The molecule has 2 aromatic carbocycles. The van der Waals surface area contributed by atoms with E-state index in [1.165, 1.54) is 0 Å². The van der Waals surface area contributed by atoms with Crippen LogP contribution in [0.1, 0.15) is 15.9 Å². The van der Waals surface area contributed by atoms with E-state index in [9.17, 15) is 4.79 Å². The molecule has 104 valence electrons. The minimum Gasteiger partial charge on any atom is -0.368 e. The summed E-state index contributed by atoms with van der Waals surface area (Å²) in [5, 5.41) is 4.22. The second-order valence-electron chi connectivity index (χ2n) is 4.74. The fourth-order valence-corrected chi connectivity index (χ4v) is 2.00. The van der Waals surface area contributed by atoms with E-state index >= 15 is 0 Å². The van der Waals surface area contributed by atoms with Gasteiger partial charge in [0.15, 0.2) is 5.82 Å². The number of nitrogens with two attached hydrogens (primary N) is 1. The number of benzene rings is 2. The zero-order valence-electron chi connectivity index (χ0n) is 11.5. The summed E-state index contributed by atoms with van der Waals surface area (Å²) in [6.45, 7) is 2.00. The number of carbonyl (C=O) groups is 1. The molecular weight excluding hydrogens is 264 g/mol. The van der Waals surface area contributed by atoms with Crippen LogP contribution in [-0.2, 0) is 0 Å². The number of hydrogen-bond donors (Lipinski definition) is 1. The number of aryl methyl sites for hydroxylation is 1. The van der Waals surface area contributed by atoms with Crippen LogP contribution in [0.3, 0.4) is 0 Å². The molecular formula is C16H14N4O. The average molecular weight is 278 g/mol. The van der Waals surface area contributed by atoms with Gasteiger partial charge in [0.2, 0.25) is 5.95 Å². The third-order valence-corrected chi connectivity index (χ3v) is 3.16. The lowest BCUT2D eigenvalue weighted by molar-refractivity contribution is 0.0948. The third kappa shape index (κ3) is 2.53. The number of hydrogen-bond acceptors (Lipinski definition) is 4. The first-order chi connectivity index (χ1) is 10.1. The van der Waals surface area contributed by atoms with E-state index < -0.39 is 0 Å². The van der Waals surface area contributed by atoms with Crippen LogP contribution in [0.15, 0.2) is 54.6 Å². The number of rotatable bonds is 2. The van der Waals surface area contributed by atoms with Gasteiger partial charge in [0, 0.05) is 11.1 Å². The van der Waals surface area contributed by atoms with Gasteiger partial charge in [0.25, 0.3) is 5.91 Å². The number of carbonyl (C=O) groups excluding carboxylic acids is 1. The van der Waals surface area contributed by atoms with Crippen molar-refractivity contribution in [2.24, 2.45) is 0 Å². The normalized spacial score (nSPS) is 10.5. The Morgan fingerprint density at radius 3 is 2.38 bits per heavy atom. The third-order valence-electron chi connectivity index (χ3n) is 3.16. The molecule has 5 nitrogen and oxygen atoms in total. The molecule has 0 bridgehead atoms. The molecule has 0 atom stereocenters. The summed E-state index contributed by atoms with van der Waals surface area (Å²) >= 11 is 0. The van der Waals surface area contributed by atoms with Gasteiger partial charge < -0.3 is 5.73 Å². The summed E-state index contributed by atoms with van der Waals surface area (Å²) in [6, 6.07) is 16.6. The van der Waals surface area contributed by atoms with Crippen molar-refractivity contribution in [3.63, 3.8) is 0 Å². The summed E-state index contributed by atoms with van der Waals surface area (Å²) < 4.78 is 1.13. The molecule has 0 radical (unpaired) electrons. The van der Waals surface area contributed by atoms with E-state index in [0.29, 0.717) is 11.4 Å². The molecule has 0 fully saturated rings. The highest BCUT2D eigenvalue weighted by Gasteiger charge is 2.16. The number of aromatic nitrogens is 3. The van der Waals surface area contributed by atoms with E-state index in [1.807, 2.05) is 37.3 Å². The van der Waals surface area contributed by atoms with Crippen molar-refractivity contribution in [1.82, 2.24) is 14.8 Å². The summed E-state index contributed by atoms with van der Waals surface area (Å²) in [4.78, 5) is 16.5. The standard InChI is InChI=1S/C16H14N4O/c1-11-7-9-12(10-8-11)14-18-16(17)20(19-14)15(21)13-5-3-2-4-6-13/h2-10H,1H3,(H2,17,18,19). The quantitative estimate of drug-likeness (QED) is 0.781. The van der Waals surface area contributed by atoms with Gasteiger partial charge in [-0.15, -0.1) is 5.10 Å². The minimum atomic E-state index is -0.293. The highest BCUT2D eigenvalue weighted by atomic mass is 16.2. The zero-order valence-corrected chi connectivity index (χ0v) is 11.5. The first-order valence-corrected chi connectivity index (χ1v) is 6.54. The fraction of sp³-hybridized carbons (Fsp3) is 0.0625. The minimum absolute atomic E-state index is 0.0828. The van der Waals surface area contributed by atoms with Gasteiger partial charge in [-0.2, -0.15) is 9.67 Å². The van der Waals surface area contributed by atoms with Gasteiger partial charge in [0.05, 0.1) is 0 Å². The maximum Gasteiger partial charge on any atom is 0.281 e. The van der Waals surface area contributed by atoms with Crippen LogP contribution >= 0.6 is 0 Å². The Balaban J connectivity index is 1.98. The molecule has 3 aromatic rings. The Kier molecular flexibility index (Phi) is 3.23. The highest BCUT2D eigenvalue weighted by Crippen LogP contribution is 2.18. The van der Waals surface area contributed by atoms with Crippen molar-refractivity contribution < 1.29 is 4.79 Å². The van der Waals surface area contributed by atoms with E-state index in [2.05, 4.69) is 10.1 Å². The second kappa shape index (κ2) is 5.20. The predicted octanol–water partition coefficient (Wildman–Crippen LogP) is 2.52. The first-order valence-electron chi connectivity index (χ1n) is 6.54. The topological polar surface area (TPSA) is 73.8 Å². The Hall–Kier alpha value is -2.95.